The molecule has 0 saturated carbocycles. The van der Waals surface area contributed by atoms with Crippen molar-refractivity contribution in [3.63, 3.8) is 0 Å². The molecule has 0 atom stereocenters. The number of nitro benzene ring substituents is 1. The summed E-state index contributed by atoms with van der Waals surface area (Å²) in [4.78, 5) is 21.5. The Hall–Kier alpha value is -2.38. The number of nitrogens with one attached hydrogen (secondary N) is 2. The summed E-state index contributed by atoms with van der Waals surface area (Å²) in [6.07, 6.45) is -0.585. The Kier molecular flexibility index (Phi) is 5.45. The molecule has 21 heavy (non-hydrogen) atoms. The average Bonchev–Trinajstić information content (AvgIpc) is 2.32. The molecule has 1 aromatic carbocycles. The van der Waals surface area contributed by atoms with E-state index in [0.717, 1.165) is 18.2 Å². The molecule has 1 rings (SSSR count). The highest BCUT2D eigenvalue weighted by atomic mass is 19.1. The quantitative estimate of drug-likeness (QED) is 0.495. The van der Waals surface area contributed by atoms with E-state index in [4.69, 9.17) is 4.74 Å². The van der Waals surface area contributed by atoms with Gasteiger partial charge in [-0.15, -0.1) is 0 Å². The molecule has 0 unspecified atom stereocenters. The van der Waals surface area contributed by atoms with Crippen molar-refractivity contribution >= 4 is 17.5 Å². The first-order valence-electron chi connectivity index (χ1n) is 6.34. The number of alkyl carbamates (subject to hydrolysis) is 1. The number of benzene rings is 1. The number of carbonyl (C=O) groups excluding carboxylic acids is 1. The Balaban J connectivity index is 2.48. The van der Waals surface area contributed by atoms with E-state index in [1.807, 2.05) is 0 Å². The zero-order valence-corrected chi connectivity index (χ0v) is 12.1. The van der Waals surface area contributed by atoms with E-state index in [2.05, 4.69) is 10.6 Å². The Labute approximate surface area is 121 Å². The molecule has 0 heterocycles. The van der Waals surface area contributed by atoms with Crippen molar-refractivity contribution < 1.29 is 18.8 Å². The molecule has 1 aromatic rings. The minimum atomic E-state index is -0.608. The monoisotopic (exact) mass is 299 g/mol. The number of amides is 1. The van der Waals surface area contributed by atoms with Crippen LogP contribution >= 0.6 is 0 Å². The van der Waals surface area contributed by atoms with Gasteiger partial charge in [0, 0.05) is 25.2 Å². The lowest BCUT2D eigenvalue weighted by Gasteiger charge is -2.19. The Bertz CT molecular complexity index is 529. The van der Waals surface area contributed by atoms with E-state index in [9.17, 15) is 19.3 Å². The van der Waals surface area contributed by atoms with Crippen molar-refractivity contribution in [2.75, 3.05) is 18.4 Å². The first-order chi connectivity index (χ1) is 9.69. The molecular formula is C13H18FN3O4. The van der Waals surface area contributed by atoms with E-state index in [0.29, 0.717) is 0 Å². The predicted molar refractivity (Wildman–Crippen MR) is 75.8 cm³/mol. The fourth-order valence-electron chi connectivity index (χ4n) is 1.48. The molecule has 8 heteroatoms. The van der Waals surface area contributed by atoms with Crippen LogP contribution in [0.4, 0.5) is 20.6 Å². The summed E-state index contributed by atoms with van der Waals surface area (Å²) in [5.74, 6) is -0.580. The molecule has 116 valence electrons. The van der Waals surface area contributed by atoms with Crippen LogP contribution in [-0.2, 0) is 4.74 Å². The summed E-state index contributed by atoms with van der Waals surface area (Å²) < 4.78 is 18.1. The lowest BCUT2D eigenvalue weighted by molar-refractivity contribution is -0.384. The molecular weight excluding hydrogens is 281 g/mol. The van der Waals surface area contributed by atoms with Gasteiger partial charge < -0.3 is 15.4 Å². The van der Waals surface area contributed by atoms with Crippen molar-refractivity contribution in [1.29, 1.82) is 0 Å². The van der Waals surface area contributed by atoms with Gasteiger partial charge in [0.15, 0.2) is 0 Å². The van der Waals surface area contributed by atoms with Gasteiger partial charge in [-0.25, -0.2) is 9.18 Å². The summed E-state index contributed by atoms with van der Waals surface area (Å²) in [6.45, 7) is 5.59. The second-order valence-corrected chi connectivity index (χ2v) is 5.27. The minimum absolute atomic E-state index is 0.0611. The van der Waals surface area contributed by atoms with Gasteiger partial charge >= 0.3 is 6.09 Å². The zero-order valence-electron chi connectivity index (χ0n) is 12.1. The standard InChI is InChI=1S/C13H18FN3O4/c1-13(2,3)21-12(18)16-7-6-15-10-8-9(14)4-5-11(10)17(19)20/h4-5,8,15H,6-7H2,1-3H3,(H,16,18). The Morgan fingerprint density at radius 2 is 2.05 bits per heavy atom. The molecule has 0 aliphatic carbocycles. The summed E-state index contributed by atoms with van der Waals surface area (Å²) in [7, 11) is 0. The Morgan fingerprint density at radius 1 is 1.38 bits per heavy atom. The Morgan fingerprint density at radius 3 is 2.62 bits per heavy atom. The first kappa shape index (κ1) is 16.7. The number of carbonyl (C=O) groups is 1. The van der Waals surface area contributed by atoms with Crippen molar-refractivity contribution in [3.8, 4) is 0 Å². The van der Waals surface area contributed by atoms with Gasteiger partial charge in [0.05, 0.1) is 4.92 Å². The van der Waals surface area contributed by atoms with Gasteiger partial charge in [0.25, 0.3) is 5.69 Å². The average molecular weight is 299 g/mol. The summed E-state index contributed by atoms with van der Waals surface area (Å²) >= 11 is 0. The van der Waals surface area contributed by atoms with Crippen LogP contribution in [0.25, 0.3) is 0 Å². The summed E-state index contributed by atoms with van der Waals surface area (Å²) in [5, 5.41) is 16.0. The van der Waals surface area contributed by atoms with E-state index < -0.39 is 22.4 Å². The molecule has 0 spiro atoms. The first-order valence-corrected chi connectivity index (χ1v) is 6.34. The lowest BCUT2D eigenvalue weighted by Crippen LogP contribution is -2.35. The fraction of sp³-hybridized carbons (Fsp3) is 0.462. The molecule has 0 fully saturated rings. The molecule has 0 aromatic heterocycles. The maximum atomic E-state index is 13.1. The van der Waals surface area contributed by atoms with Gasteiger partial charge in [0.2, 0.25) is 0 Å². The maximum Gasteiger partial charge on any atom is 0.407 e. The number of hydrogen-bond donors (Lipinski definition) is 2. The van der Waals surface area contributed by atoms with Gasteiger partial charge in [0.1, 0.15) is 17.1 Å². The van der Waals surface area contributed by atoms with Crippen molar-refractivity contribution in [3.05, 3.63) is 34.1 Å². The van der Waals surface area contributed by atoms with Crippen LogP contribution in [0.3, 0.4) is 0 Å². The topological polar surface area (TPSA) is 93.5 Å². The maximum absolute atomic E-state index is 13.1. The normalized spacial score (nSPS) is 10.9. The summed E-state index contributed by atoms with van der Waals surface area (Å²) in [5.41, 5.74) is -0.765. The third kappa shape index (κ3) is 6.07. The van der Waals surface area contributed by atoms with Crippen LogP contribution in [0, 0.1) is 15.9 Å². The third-order valence-electron chi connectivity index (χ3n) is 2.26. The van der Waals surface area contributed by atoms with Gasteiger partial charge in [-0.05, 0) is 26.8 Å². The second kappa shape index (κ2) is 6.87. The number of rotatable bonds is 5. The number of nitrogens with zero attached hydrogens (tertiary/aromatic N) is 1. The number of nitro groups is 1. The lowest BCUT2D eigenvalue weighted by atomic mass is 10.2. The largest absolute Gasteiger partial charge is 0.444 e. The van der Waals surface area contributed by atoms with E-state index in [1.54, 1.807) is 20.8 Å². The third-order valence-corrected chi connectivity index (χ3v) is 2.26. The molecule has 0 radical (unpaired) electrons. The van der Waals surface area contributed by atoms with Crippen LogP contribution in [0.15, 0.2) is 18.2 Å². The van der Waals surface area contributed by atoms with Gasteiger partial charge in [-0.2, -0.15) is 0 Å². The number of anilines is 1. The molecule has 1 amide bonds. The number of hydrogen-bond acceptors (Lipinski definition) is 5. The van der Waals surface area contributed by atoms with Crippen LogP contribution < -0.4 is 10.6 Å². The van der Waals surface area contributed by atoms with E-state index >= 15 is 0 Å². The minimum Gasteiger partial charge on any atom is -0.444 e. The van der Waals surface area contributed by atoms with Crippen LogP contribution in [0.5, 0.6) is 0 Å². The fourth-order valence-corrected chi connectivity index (χ4v) is 1.48. The van der Waals surface area contributed by atoms with Crippen molar-refractivity contribution in [2.24, 2.45) is 0 Å². The number of ether oxygens (including phenoxy) is 1. The van der Waals surface area contributed by atoms with Crippen molar-refractivity contribution in [1.82, 2.24) is 5.32 Å². The second-order valence-electron chi connectivity index (χ2n) is 5.27. The molecule has 0 bridgehead atoms. The highest BCUT2D eigenvalue weighted by molar-refractivity contribution is 5.67. The SMILES string of the molecule is CC(C)(C)OC(=O)NCCNc1cc(F)ccc1[N+](=O)[O-]. The highest BCUT2D eigenvalue weighted by Crippen LogP contribution is 2.24. The highest BCUT2D eigenvalue weighted by Gasteiger charge is 2.16. The van der Waals surface area contributed by atoms with Crippen LogP contribution in [-0.4, -0.2) is 29.7 Å². The zero-order chi connectivity index (χ0) is 16.0. The van der Waals surface area contributed by atoms with Crippen LogP contribution in [0.2, 0.25) is 0 Å². The number of halogens is 1. The van der Waals surface area contributed by atoms with Crippen molar-refractivity contribution in [2.45, 2.75) is 26.4 Å². The summed E-state index contributed by atoms with van der Waals surface area (Å²) in [6, 6.07) is 3.13. The molecule has 7 nitrogen and oxygen atoms in total. The van der Waals surface area contributed by atoms with Gasteiger partial charge in [-0.1, -0.05) is 0 Å². The molecule has 2 N–H and O–H groups in total. The molecule has 0 aliphatic heterocycles. The predicted octanol–water partition coefficient (Wildman–Crippen LogP) is 2.67. The molecule has 0 aliphatic rings. The van der Waals surface area contributed by atoms with Gasteiger partial charge in [-0.3, -0.25) is 10.1 Å². The van der Waals surface area contributed by atoms with E-state index in [-0.39, 0.29) is 24.5 Å². The molecule has 0 saturated heterocycles. The van der Waals surface area contributed by atoms with Crippen LogP contribution in [0.1, 0.15) is 20.8 Å². The smallest absolute Gasteiger partial charge is 0.407 e. The van der Waals surface area contributed by atoms with E-state index in [1.165, 1.54) is 0 Å².